The summed E-state index contributed by atoms with van der Waals surface area (Å²) in [6, 6.07) is 12.8. The van der Waals surface area contributed by atoms with E-state index in [0.717, 1.165) is 22.2 Å². The van der Waals surface area contributed by atoms with E-state index in [-0.39, 0.29) is 5.75 Å². The van der Waals surface area contributed by atoms with Crippen LogP contribution in [0.4, 0.5) is 0 Å². The molecule has 4 heteroatoms. The molecule has 0 saturated carbocycles. The monoisotopic (exact) mass is 270 g/mol. The molecule has 0 bridgehead atoms. The third-order valence-electron chi connectivity index (χ3n) is 3.01. The Morgan fingerprint density at radius 2 is 1.68 bits per heavy atom. The normalized spacial score (nSPS) is 10.8. The third-order valence-corrected chi connectivity index (χ3v) is 3.36. The number of benzene rings is 2. The van der Waals surface area contributed by atoms with Gasteiger partial charge in [-0.25, -0.2) is 9.97 Å². The lowest BCUT2D eigenvalue weighted by Crippen LogP contribution is -1.92. The van der Waals surface area contributed by atoms with Gasteiger partial charge >= 0.3 is 0 Å². The molecule has 94 valence electrons. The van der Waals surface area contributed by atoms with Gasteiger partial charge < -0.3 is 5.11 Å². The first-order valence-corrected chi connectivity index (χ1v) is 6.26. The van der Waals surface area contributed by atoms with Crippen LogP contribution in [0.2, 0.25) is 5.15 Å². The number of aromatic nitrogens is 2. The predicted molar refractivity (Wildman–Crippen MR) is 76.4 cm³/mol. The van der Waals surface area contributed by atoms with E-state index in [9.17, 15) is 5.11 Å². The highest BCUT2D eigenvalue weighted by Crippen LogP contribution is 2.33. The van der Waals surface area contributed by atoms with E-state index in [4.69, 9.17) is 11.6 Å². The fraction of sp³-hybridized carbons (Fsp3) is 0.0667. The standard InChI is InChI=1S/C15H11ClN2O/c1-9-15(16)18-12-7-4-6-11(14(12)17-9)10-5-2-3-8-13(10)19/h2-8,19H,1H3. The molecular formula is C15H11ClN2O. The van der Waals surface area contributed by atoms with Crippen LogP contribution in [0.3, 0.4) is 0 Å². The van der Waals surface area contributed by atoms with E-state index in [1.165, 1.54) is 0 Å². The second-order valence-electron chi connectivity index (χ2n) is 4.29. The average Bonchev–Trinajstić information content (AvgIpc) is 2.40. The zero-order valence-electron chi connectivity index (χ0n) is 10.3. The summed E-state index contributed by atoms with van der Waals surface area (Å²) in [5.41, 5.74) is 3.73. The van der Waals surface area contributed by atoms with Crippen LogP contribution in [0.15, 0.2) is 42.5 Å². The number of hydrogen-bond donors (Lipinski definition) is 1. The molecule has 0 aliphatic carbocycles. The second-order valence-corrected chi connectivity index (χ2v) is 4.65. The Hall–Kier alpha value is -2.13. The van der Waals surface area contributed by atoms with Crippen LogP contribution in [-0.4, -0.2) is 15.1 Å². The van der Waals surface area contributed by atoms with E-state index in [1.54, 1.807) is 12.1 Å². The molecule has 0 spiro atoms. The minimum atomic E-state index is 0.226. The maximum atomic E-state index is 9.97. The van der Waals surface area contributed by atoms with Gasteiger partial charge in [0.15, 0.2) is 5.15 Å². The Balaban J connectivity index is 2.36. The van der Waals surface area contributed by atoms with E-state index >= 15 is 0 Å². The molecule has 0 aliphatic heterocycles. The zero-order valence-corrected chi connectivity index (χ0v) is 11.0. The quantitative estimate of drug-likeness (QED) is 0.728. The number of aromatic hydroxyl groups is 1. The number of phenols is 1. The van der Waals surface area contributed by atoms with Crippen LogP contribution in [0, 0.1) is 6.92 Å². The van der Waals surface area contributed by atoms with Crippen molar-refractivity contribution in [2.45, 2.75) is 6.92 Å². The molecule has 3 aromatic rings. The molecule has 3 rings (SSSR count). The summed E-state index contributed by atoms with van der Waals surface area (Å²) in [6.07, 6.45) is 0. The van der Waals surface area contributed by atoms with Crippen LogP contribution in [0.5, 0.6) is 5.75 Å². The summed E-state index contributed by atoms with van der Waals surface area (Å²) < 4.78 is 0. The fourth-order valence-corrected chi connectivity index (χ4v) is 2.19. The third kappa shape index (κ3) is 2.02. The summed E-state index contributed by atoms with van der Waals surface area (Å²) in [5, 5.41) is 10.4. The van der Waals surface area contributed by atoms with Crippen molar-refractivity contribution >= 4 is 22.6 Å². The molecule has 1 N–H and O–H groups in total. The van der Waals surface area contributed by atoms with E-state index < -0.39 is 0 Å². The second kappa shape index (κ2) is 4.52. The highest BCUT2D eigenvalue weighted by atomic mass is 35.5. The van der Waals surface area contributed by atoms with E-state index in [0.29, 0.717) is 10.8 Å². The first-order valence-electron chi connectivity index (χ1n) is 5.88. The highest BCUT2D eigenvalue weighted by molar-refractivity contribution is 6.30. The van der Waals surface area contributed by atoms with Gasteiger partial charge in [0.25, 0.3) is 0 Å². The fourth-order valence-electron chi connectivity index (χ4n) is 2.06. The maximum absolute atomic E-state index is 9.97. The molecule has 0 saturated heterocycles. The van der Waals surface area contributed by atoms with Crippen molar-refractivity contribution in [3.05, 3.63) is 53.3 Å². The summed E-state index contributed by atoms with van der Waals surface area (Å²) >= 11 is 5.99. The number of fused-ring (bicyclic) bond motifs is 1. The number of nitrogens with zero attached hydrogens (tertiary/aromatic N) is 2. The van der Waals surface area contributed by atoms with Crippen molar-refractivity contribution < 1.29 is 5.11 Å². The zero-order chi connectivity index (χ0) is 13.4. The molecule has 0 unspecified atom stereocenters. The summed E-state index contributed by atoms with van der Waals surface area (Å²) in [5.74, 6) is 0.226. The van der Waals surface area contributed by atoms with Crippen molar-refractivity contribution in [1.29, 1.82) is 0 Å². The Kier molecular flexibility index (Phi) is 2.84. The molecule has 3 nitrogen and oxygen atoms in total. The molecule has 0 radical (unpaired) electrons. The van der Waals surface area contributed by atoms with Crippen LogP contribution in [-0.2, 0) is 0 Å². The van der Waals surface area contributed by atoms with E-state index in [2.05, 4.69) is 9.97 Å². The largest absolute Gasteiger partial charge is 0.507 e. The van der Waals surface area contributed by atoms with Crippen LogP contribution in [0.25, 0.3) is 22.2 Å². The molecule has 2 aromatic carbocycles. The van der Waals surface area contributed by atoms with Crippen molar-refractivity contribution in [2.24, 2.45) is 0 Å². The van der Waals surface area contributed by atoms with Gasteiger partial charge in [0.05, 0.1) is 16.7 Å². The first kappa shape index (κ1) is 11.9. The number of para-hydroxylation sites is 2. The lowest BCUT2D eigenvalue weighted by atomic mass is 10.0. The Morgan fingerprint density at radius 3 is 2.47 bits per heavy atom. The van der Waals surface area contributed by atoms with Crippen molar-refractivity contribution in [3.63, 3.8) is 0 Å². The van der Waals surface area contributed by atoms with Crippen molar-refractivity contribution in [2.75, 3.05) is 0 Å². The maximum Gasteiger partial charge on any atom is 0.150 e. The van der Waals surface area contributed by atoms with Gasteiger partial charge in [-0.15, -0.1) is 0 Å². The Labute approximate surface area is 115 Å². The highest BCUT2D eigenvalue weighted by Gasteiger charge is 2.11. The smallest absolute Gasteiger partial charge is 0.150 e. The topological polar surface area (TPSA) is 46.0 Å². The predicted octanol–water partition coefficient (Wildman–Crippen LogP) is 3.96. The molecule has 1 aromatic heterocycles. The summed E-state index contributed by atoms with van der Waals surface area (Å²) in [7, 11) is 0. The molecule has 1 heterocycles. The number of rotatable bonds is 1. The van der Waals surface area contributed by atoms with Gasteiger partial charge in [-0.1, -0.05) is 41.9 Å². The average molecular weight is 271 g/mol. The van der Waals surface area contributed by atoms with Gasteiger partial charge in [-0.05, 0) is 19.1 Å². The summed E-state index contributed by atoms with van der Waals surface area (Å²) in [4.78, 5) is 8.80. The van der Waals surface area contributed by atoms with Crippen LogP contribution < -0.4 is 0 Å². The number of halogens is 1. The van der Waals surface area contributed by atoms with Gasteiger partial charge in [-0.3, -0.25) is 0 Å². The molecule has 19 heavy (non-hydrogen) atoms. The Morgan fingerprint density at radius 1 is 0.947 bits per heavy atom. The van der Waals surface area contributed by atoms with Crippen LogP contribution in [0.1, 0.15) is 5.69 Å². The number of hydrogen-bond acceptors (Lipinski definition) is 3. The first-order chi connectivity index (χ1) is 9.16. The lowest BCUT2D eigenvalue weighted by Gasteiger charge is -2.08. The molecule has 0 atom stereocenters. The Bertz CT molecular complexity index is 771. The van der Waals surface area contributed by atoms with Crippen molar-refractivity contribution in [3.8, 4) is 16.9 Å². The SMILES string of the molecule is Cc1nc2c(-c3ccccc3O)cccc2nc1Cl. The van der Waals surface area contributed by atoms with Crippen molar-refractivity contribution in [1.82, 2.24) is 9.97 Å². The lowest BCUT2D eigenvalue weighted by molar-refractivity contribution is 0.477. The minimum absolute atomic E-state index is 0.226. The summed E-state index contributed by atoms with van der Waals surface area (Å²) in [6.45, 7) is 1.82. The van der Waals surface area contributed by atoms with E-state index in [1.807, 2.05) is 37.3 Å². The van der Waals surface area contributed by atoms with Gasteiger partial charge in [0.2, 0.25) is 0 Å². The molecule has 0 fully saturated rings. The van der Waals surface area contributed by atoms with Gasteiger partial charge in [0, 0.05) is 11.1 Å². The molecular weight excluding hydrogens is 260 g/mol. The molecule has 0 aliphatic rings. The van der Waals surface area contributed by atoms with Gasteiger partial charge in [0.1, 0.15) is 5.75 Å². The van der Waals surface area contributed by atoms with Crippen LogP contribution >= 0.6 is 11.6 Å². The number of aryl methyl sites for hydroxylation is 1. The minimum Gasteiger partial charge on any atom is -0.507 e. The number of phenolic OH excluding ortho intramolecular Hbond substituents is 1. The van der Waals surface area contributed by atoms with Gasteiger partial charge in [-0.2, -0.15) is 0 Å². The molecule has 0 amide bonds.